The Morgan fingerprint density at radius 3 is 2.86 bits per heavy atom. The molecule has 1 aromatic rings. The molecule has 8 nitrogen and oxygen atoms in total. The molecule has 0 bridgehead atoms. The summed E-state index contributed by atoms with van der Waals surface area (Å²) >= 11 is 7.25. The molecule has 10 heteroatoms. The lowest BCUT2D eigenvalue weighted by atomic mass is 10.1. The van der Waals surface area contributed by atoms with E-state index in [4.69, 9.17) is 21.2 Å². The van der Waals surface area contributed by atoms with Crippen molar-refractivity contribution in [1.29, 1.82) is 0 Å². The van der Waals surface area contributed by atoms with E-state index in [0.29, 0.717) is 23.9 Å². The number of allylic oxidation sites excluding steroid dienone is 1. The van der Waals surface area contributed by atoms with E-state index in [1.54, 1.807) is 4.90 Å². The SMILES string of the molecule is CN1CCON=C1c1ccc(N2C[C@H](CNC(=O)C3CC=C(Cl)S3)OC2=O)cc1. The van der Waals surface area contributed by atoms with Crippen LogP contribution >= 0.6 is 23.4 Å². The van der Waals surface area contributed by atoms with Gasteiger partial charge in [0.05, 0.1) is 29.2 Å². The number of amidine groups is 1. The van der Waals surface area contributed by atoms with Gasteiger partial charge in [0.2, 0.25) is 5.91 Å². The summed E-state index contributed by atoms with van der Waals surface area (Å²) in [5.74, 6) is 0.659. The molecular formula is C19H21ClN4O4S. The molecule has 4 rings (SSSR count). The van der Waals surface area contributed by atoms with Gasteiger partial charge in [-0.3, -0.25) is 9.69 Å². The third-order valence-electron chi connectivity index (χ3n) is 4.89. The van der Waals surface area contributed by atoms with E-state index in [9.17, 15) is 9.59 Å². The second-order valence-corrected chi connectivity index (χ2v) is 8.80. The predicted octanol–water partition coefficient (Wildman–Crippen LogP) is 2.34. The van der Waals surface area contributed by atoms with Crippen molar-refractivity contribution in [3.63, 3.8) is 0 Å². The maximum absolute atomic E-state index is 12.3. The minimum absolute atomic E-state index is 0.0969. The highest BCUT2D eigenvalue weighted by Crippen LogP contribution is 2.34. The summed E-state index contributed by atoms with van der Waals surface area (Å²) in [7, 11) is 1.96. The molecule has 1 N–H and O–H groups in total. The van der Waals surface area contributed by atoms with Crippen LogP contribution in [0.1, 0.15) is 12.0 Å². The first-order chi connectivity index (χ1) is 14.0. The monoisotopic (exact) mass is 436 g/mol. The van der Waals surface area contributed by atoms with Crippen LogP contribution < -0.4 is 10.2 Å². The first-order valence-electron chi connectivity index (χ1n) is 9.31. The van der Waals surface area contributed by atoms with Crippen molar-refractivity contribution in [2.75, 3.05) is 38.2 Å². The van der Waals surface area contributed by atoms with Gasteiger partial charge in [-0.15, -0.1) is 11.8 Å². The van der Waals surface area contributed by atoms with E-state index in [1.807, 2.05) is 42.3 Å². The Labute approximate surface area is 177 Å². The number of carbonyl (C=O) groups is 2. The van der Waals surface area contributed by atoms with Gasteiger partial charge in [-0.25, -0.2) is 4.79 Å². The van der Waals surface area contributed by atoms with Crippen molar-refractivity contribution >= 4 is 46.9 Å². The van der Waals surface area contributed by atoms with Crippen LogP contribution in [0, 0.1) is 0 Å². The van der Waals surface area contributed by atoms with Crippen LogP contribution in [0.5, 0.6) is 0 Å². The highest BCUT2D eigenvalue weighted by molar-refractivity contribution is 8.06. The summed E-state index contributed by atoms with van der Waals surface area (Å²) in [5.41, 5.74) is 1.64. The lowest BCUT2D eigenvalue weighted by Gasteiger charge is -2.24. The number of nitrogens with zero attached hydrogens (tertiary/aromatic N) is 3. The Hall–Kier alpha value is -2.39. The van der Waals surface area contributed by atoms with Gasteiger partial charge in [0.15, 0.2) is 5.84 Å². The topological polar surface area (TPSA) is 83.5 Å². The van der Waals surface area contributed by atoms with Crippen molar-refractivity contribution in [1.82, 2.24) is 10.2 Å². The Morgan fingerprint density at radius 2 is 2.17 bits per heavy atom. The number of carbonyl (C=O) groups excluding carboxylic acids is 2. The number of likely N-dealkylation sites (N-methyl/N-ethyl adjacent to an activating group) is 1. The predicted molar refractivity (Wildman–Crippen MR) is 112 cm³/mol. The average Bonchev–Trinajstić information content (AvgIpc) is 3.32. The number of ether oxygens (including phenoxy) is 1. The Balaban J connectivity index is 1.33. The third-order valence-corrected chi connectivity index (χ3v) is 6.39. The summed E-state index contributed by atoms with van der Waals surface area (Å²) < 4.78 is 6.04. The van der Waals surface area contributed by atoms with Crippen molar-refractivity contribution in [2.24, 2.45) is 5.16 Å². The van der Waals surface area contributed by atoms with Crippen LogP contribution in [-0.4, -0.2) is 67.4 Å². The number of oxime groups is 1. The highest BCUT2D eigenvalue weighted by atomic mass is 35.5. The smallest absolute Gasteiger partial charge is 0.414 e. The van der Waals surface area contributed by atoms with Crippen molar-refractivity contribution in [2.45, 2.75) is 17.8 Å². The number of anilines is 1. The normalized spacial score (nSPS) is 24.0. The van der Waals surface area contributed by atoms with Gasteiger partial charge >= 0.3 is 6.09 Å². The zero-order valence-corrected chi connectivity index (χ0v) is 17.4. The highest BCUT2D eigenvalue weighted by Gasteiger charge is 2.33. The van der Waals surface area contributed by atoms with Crippen molar-refractivity contribution < 1.29 is 19.2 Å². The molecule has 1 aromatic carbocycles. The summed E-state index contributed by atoms with van der Waals surface area (Å²) in [6.45, 7) is 1.98. The quantitative estimate of drug-likeness (QED) is 0.762. The second kappa shape index (κ2) is 8.54. The number of benzene rings is 1. The standard InChI is InChI=1S/C19H21ClN4O4S/c1-23-8-9-27-22-17(23)12-2-4-13(5-3-12)24-11-14(28-19(24)26)10-21-18(25)15-6-7-16(20)29-15/h2-5,7,14-15H,6,8-11H2,1H3,(H,21,25)/t14-,15?/m0/s1. The molecule has 2 atom stereocenters. The molecule has 0 saturated carbocycles. The first kappa shape index (κ1) is 19.9. The summed E-state index contributed by atoms with van der Waals surface area (Å²) in [6.07, 6.45) is 1.62. The first-order valence-corrected chi connectivity index (χ1v) is 10.6. The molecule has 1 fully saturated rings. The molecule has 0 aromatic heterocycles. The fourth-order valence-electron chi connectivity index (χ4n) is 3.28. The van der Waals surface area contributed by atoms with Gasteiger partial charge < -0.3 is 19.8 Å². The van der Waals surface area contributed by atoms with E-state index in [-0.39, 0.29) is 17.7 Å². The molecule has 1 saturated heterocycles. The maximum atomic E-state index is 12.3. The van der Waals surface area contributed by atoms with Gasteiger partial charge in [-0.2, -0.15) is 0 Å². The van der Waals surface area contributed by atoms with Gasteiger partial charge in [0.1, 0.15) is 12.7 Å². The zero-order chi connectivity index (χ0) is 20.4. The Morgan fingerprint density at radius 1 is 1.38 bits per heavy atom. The van der Waals surface area contributed by atoms with Crippen LogP contribution in [0.3, 0.4) is 0 Å². The van der Waals surface area contributed by atoms with E-state index in [1.165, 1.54) is 11.8 Å². The summed E-state index contributed by atoms with van der Waals surface area (Å²) in [4.78, 5) is 33.2. The zero-order valence-electron chi connectivity index (χ0n) is 15.8. The largest absolute Gasteiger partial charge is 0.442 e. The van der Waals surface area contributed by atoms with E-state index >= 15 is 0 Å². The lowest BCUT2D eigenvalue weighted by molar-refractivity contribution is -0.120. The van der Waals surface area contributed by atoms with E-state index in [0.717, 1.165) is 23.6 Å². The second-order valence-electron chi connectivity index (χ2n) is 6.93. The fraction of sp³-hybridized carbons (Fsp3) is 0.421. The maximum Gasteiger partial charge on any atom is 0.414 e. The molecule has 1 unspecified atom stereocenters. The van der Waals surface area contributed by atoms with Gasteiger partial charge in [-0.1, -0.05) is 22.8 Å². The number of hydrogen-bond acceptors (Lipinski definition) is 7. The van der Waals surface area contributed by atoms with Crippen molar-refractivity contribution in [3.8, 4) is 0 Å². The van der Waals surface area contributed by atoms with Gasteiger partial charge in [0, 0.05) is 18.3 Å². The number of halogens is 1. The molecule has 29 heavy (non-hydrogen) atoms. The van der Waals surface area contributed by atoms with Crippen LogP contribution in [0.25, 0.3) is 0 Å². The molecule has 3 aliphatic rings. The molecule has 3 aliphatic heterocycles. The molecular weight excluding hydrogens is 416 g/mol. The third kappa shape index (κ3) is 4.45. The molecule has 0 aliphatic carbocycles. The number of nitrogens with one attached hydrogen (secondary N) is 1. The Kier molecular flexibility index (Phi) is 5.86. The van der Waals surface area contributed by atoms with Crippen LogP contribution in [0.15, 0.2) is 39.9 Å². The van der Waals surface area contributed by atoms with Crippen LogP contribution in [0.2, 0.25) is 0 Å². The minimum Gasteiger partial charge on any atom is -0.442 e. The van der Waals surface area contributed by atoms with Crippen molar-refractivity contribution in [3.05, 3.63) is 40.3 Å². The fourth-order valence-corrected chi connectivity index (χ4v) is 4.54. The molecule has 0 radical (unpaired) electrons. The van der Waals surface area contributed by atoms with Gasteiger partial charge in [-0.05, 0) is 30.7 Å². The molecule has 3 heterocycles. The molecule has 154 valence electrons. The van der Waals surface area contributed by atoms with Crippen LogP contribution in [0.4, 0.5) is 10.5 Å². The number of cyclic esters (lactones) is 1. The molecule has 2 amide bonds. The van der Waals surface area contributed by atoms with E-state index < -0.39 is 12.2 Å². The van der Waals surface area contributed by atoms with E-state index in [2.05, 4.69) is 10.5 Å². The Bertz CT molecular complexity index is 860. The number of hydrogen-bond donors (Lipinski definition) is 1. The number of thioether (sulfide) groups is 1. The van der Waals surface area contributed by atoms with Gasteiger partial charge in [0.25, 0.3) is 0 Å². The number of rotatable bonds is 5. The minimum atomic E-state index is -0.424. The lowest BCUT2D eigenvalue weighted by Crippen LogP contribution is -2.38. The van der Waals surface area contributed by atoms with Crippen LogP contribution in [-0.2, 0) is 14.4 Å². The summed E-state index contributed by atoms with van der Waals surface area (Å²) in [6, 6.07) is 7.50. The number of amides is 2. The molecule has 0 spiro atoms. The summed E-state index contributed by atoms with van der Waals surface area (Å²) in [5, 5.41) is 6.73. The average molecular weight is 437 g/mol.